The molecule has 1 rings (SSSR count). The Balaban J connectivity index is 3.22. The number of halogens is 2. The monoisotopic (exact) mass is 391 g/mol. The Hall–Kier alpha value is -0.410. The van der Waals surface area contributed by atoms with E-state index in [9.17, 15) is 4.79 Å². The predicted octanol–water partition coefficient (Wildman–Crippen LogP) is 3.43. The second-order valence-electron chi connectivity index (χ2n) is 3.73. The number of hydrogen-bond donors (Lipinski definition) is 0. The van der Waals surface area contributed by atoms with Gasteiger partial charge in [0, 0.05) is 3.57 Å². The average Bonchev–Trinajstić information content (AvgIpc) is 2.28. The van der Waals surface area contributed by atoms with Crippen molar-refractivity contribution in [2.24, 2.45) is 0 Å². The zero-order valence-corrected chi connectivity index (χ0v) is 12.6. The van der Waals surface area contributed by atoms with Crippen molar-refractivity contribution in [2.75, 3.05) is 5.33 Å². The topological polar surface area (TPSA) is 40.9 Å². The maximum atomic E-state index is 11.9. The summed E-state index contributed by atoms with van der Waals surface area (Å²) in [5.41, 5.74) is 0.199. The second kappa shape index (κ2) is 5.78. The van der Waals surface area contributed by atoms with E-state index in [1.807, 2.05) is 31.2 Å². The lowest BCUT2D eigenvalue weighted by Crippen LogP contribution is -2.33. The van der Waals surface area contributed by atoms with Crippen LogP contribution >= 0.6 is 38.5 Å². The molecule has 2 nitrogen and oxygen atoms in total. The molecular formula is C12H11BrINO. The minimum atomic E-state index is -0.709. The van der Waals surface area contributed by atoms with Crippen LogP contribution in [-0.4, -0.2) is 11.1 Å². The van der Waals surface area contributed by atoms with Gasteiger partial charge in [-0.15, -0.1) is 0 Å². The maximum Gasteiger partial charge on any atom is 0.154 e. The molecular weight excluding hydrogens is 381 g/mol. The van der Waals surface area contributed by atoms with Gasteiger partial charge in [-0.25, -0.2) is 0 Å². The normalized spacial score (nSPS) is 13.9. The van der Waals surface area contributed by atoms with Gasteiger partial charge >= 0.3 is 0 Å². The van der Waals surface area contributed by atoms with Gasteiger partial charge in [0.15, 0.2) is 5.78 Å². The molecule has 0 saturated carbocycles. The number of nitriles is 1. The van der Waals surface area contributed by atoms with E-state index in [1.165, 1.54) is 0 Å². The fraction of sp³-hybridized carbons (Fsp3) is 0.333. The van der Waals surface area contributed by atoms with Crippen LogP contribution in [0.15, 0.2) is 24.3 Å². The highest BCUT2D eigenvalue weighted by atomic mass is 127. The maximum absolute atomic E-state index is 11.9. The SMILES string of the molecule is CC(CC#N)(C(=O)CBr)c1cccc(I)c1. The van der Waals surface area contributed by atoms with Crippen LogP contribution in [0.4, 0.5) is 0 Å². The molecule has 0 aliphatic rings. The first kappa shape index (κ1) is 13.7. The molecule has 1 atom stereocenters. The molecule has 0 bridgehead atoms. The fourth-order valence-electron chi connectivity index (χ4n) is 1.50. The van der Waals surface area contributed by atoms with E-state index in [0.717, 1.165) is 9.13 Å². The van der Waals surface area contributed by atoms with Crippen LogP contribution < -0.4 is 0 Å². The lowest BCUT2D eigenvalue weighted by Gasteiger charge is -2.25. The van der Waals surface area contributed by atoms with Crippen molar-refractivity contribution in [2.45, 2.75) is 18.8 Å². The second-order valence-corrected chi connectivity index (χ2v) is 5.54. The quantitative estimate of drug-likeness (QED) is 0.582. The van der Waals surface area contributed by atoms with Gasteiger partial charge in [0.05, 0.1) is 23.2 Å². The van der Waals surface area contributed by atoms with Crippen molar-refractivity contribution < 1.29 is 4.79 Å². The number of nitrogens with zero attached hydrogens (tertiary/aromatic N) is 1. The molecule has 0 aliphatic heterocycles. The zero-order chi connectivity index (χ0) is 12.2. The lowest BCUT2D eigenvalue weighted by molar-refractivity contribution is -0.121. The van der Waals surface area contributed by atoms with E-state index in [-0.39, 0.29) is 17.5 Å². The van der Waals surface area contributed by atoms with Gasteiger partial charge in [-0.2, -0.15) is 5.26 Å². The number of hydrogen-bond acceptors (Lipinski definition) is 2. The van der Waals surface area contributed by atoms with Gasteiger partial charge in [-0.05, 0) is 47.2 Å². The van der Waals surface area contributed by atoms with Crippen molar-refractivity contribution in [3.63, 3.8) is 0 Å². The number of alkyl halides is 1. The molecule has 16 heavy (non-hydrogen) atoms. The van der Waals surface area contributed by atoms with Crippen molar-refractivity contribution in [3.8, 4) is 6.07 Å². The minimum Gasteiger partial charge on any atom is -0.298 e. The summed E-state index contributed by atoms with van der Waals surface area (Å²) in [5.74, 6) is 0.0380. The average molecular weight is 392 g/mol. The highest BCUT2D eigenvalue weighted by Crippen LogP contribution is 2.30. The highest BCUT2D eigenvalue weighted by molar-refractivity contribution is 14.1. The van der Waals surface area contributed by atoms with Gasteiger partial charge in [0.25, 0.3) is 0 Å². The number of ketones is 1. The first-order valence-electron chi connectivity index (χ1n) is 4.77. The Morgan fingerprint density at radius 1 is 1.62 bits per heavy atom. The molecule has 4 heteroatoms. The number of Topliss-reactive ketones (excluding diaryl/α,β-unsaturated/α-hetero) is 1. The van der Waals surface area contributed by atoms with Gasteiger partial charge in [-0.3, -0.25) is 4.79 Å². The summed E-state index contributed by atoms with van der Waals surface area (Å²) >= 11 is 5.38. The van der Waals surface area contributed by atoms with E-state index in [0.29, 0.717) is 0 Å². The molecule has 0 N–H and O–H groups in total. The molecule has 0 radical (unpaired) electrons. The Kier molecular flexibility index (Phi) is 4.93. The Labute approximate surface area is 117 Å². The number of benzene rings is 1. The molecule has 84 valence electrons. The zero-order valence-electron chi connectivity index (χ0n) is 8.84. The van der Waals surface area contributed by atoms with E-state index < -0.39 is 5.41 Å². The molecule has 0 saturated heterocycles. The van der Waals surface area contributed by atoms with Crippen LogP contribution in [0.1, 0.15) is 18.9 Å². The molecule has 1 unspecified atom stereocenters. The van der Waals surface area contributed by atoms with E-state index in [1.54, 1.807) is 0 Å². The Morgan fingerprint density at radius 3 is 2.81 bits per heavy atom. The van der Waals surface area contributed by atoms with Crippen LogP contribution in [-0.2, 0) is 10.2 Å². The highest BCUT2D eigenvalue weighted by Gasteiger charge is 2.33. The van der Waals surface area contributed by atoms with Gasteiger partial charge in [-0.1, -0.05) is 28.1 Å². The third-order valence-electron chi connectivity index (χ3n) is 2.63. The smallest absolute Gasteiger partial charge is 0.154 e. The minimum absolute atomic E-state index is 0.0380. The van der Waals surface area contributed by atoms with E-state index >= 15 is 0 Å². The molecule has 0 heterocycles. The summed E-state index contributed by atoms with van der Waals surface area (Å²) in [6.45, 7) is 1.82. The van der Waals surface area contributed by atoms with Gasteiger partial charge < -0.3 is 0 Å². The molecule has 1 aromatic rings. The van der Waals surface area contributed by atoms with E-state index in [2.05, 4.69) is 44.6 Å². The van der Waals surface area contributed by atoms with Crippen LogP contribution in [0.5, 0.6) is 0 Å². The Morgan fingerprint density at radius 2 is 2.31 bits per heavy atom. The van der Waals surface area contributed by atoms with Crippen molar-refractivity contribution >= 4 is 44.3 Å². The van der Waals surface area contributed by atoms with Crippen molar-refractivity contribution in [3.05, 3.63) is 33.4 Å². The van der Waals surface area contributed by atoms with Crippen molar-refractivity contribution in [1.29, 1.82) is 5.26 Å². The summed E-state index contributed by atoms with van der Waals surface area (Å²) in [5, 5.41) is 9.13. The van der Waals surface area contributed by atoms with Gasteiger partial charge in [0.1, 0.15) is 0 Å². The predicted molar refractivity (Wildman–Crippen MR) is 75.5 cm³/mol. The summed E-state index contributed by atoms with van der Waals surface area (Å²) < 4.78 is 1.07. The molecule has 0 aromatic heterocycles. The molecule has 0 amide bonds. The summed E-state index contributed by atoms with van der Waals surface area (Å²) in [6.07, 6.45) is 0.206. The van der Waals surface area contributed by atoms with Crippen LogP contribution in [0.2, 0.25) is 0 Å². The van der Waals surface area contributed by atoms with Crippen molar-refractivity contribution in [1.82, 2.24) is 0 Å². The largest absolute Gasteiger partial charge is 0.298 e. The van der Waals surface area contributed by atoms with Crippen LogP contribution in [0.25, 0.3) is 0 Å². The third kappa shape index (κ3) is 2.83. The summed E-state index contributed by atoms with van der Waals surface area (Å²) in [4.78, 5) is 11.9. The summed E-state index contributed by atoms with van der Waals surface area (Å²) in [7, 11) is 0. The molecule has 0 spiro atoms. The first-order chi connectivity index (χ1) is 7.54. The number of carbonyl (C=O) groups excluding carboxylic acids is 1. The third-order valence-corrected chi connectivity index (χ3v) is 3.81. The Bertz CT molecular complexity index is 441. The number of rotatable bonds is 4. The van der Waals surface area contributed by atoms with Crippen LogP contribution in [0, 0.1) is 14.9 Å². The fourth-order valence-corrected chi connectivity index (χ4v) is 2.66. The number of carbonyl (C=O) groups is 1. The molecule has 0 aliphatic carbocycles. The van der Waals surface area contributed by atoms with Gasteiger partial charge in [0.2, 0.25) is 0 Å². The first-order valence-corrected chi connectivity index (χ1v) is 6.97. The van der Waals surface area contributed by atoms with Crippen LogP contribution in [0.3, 0.4) is 0 Å². The molecule has 0 fully saturated rings. The van der Waals surface area contributed by atoms with E-state index in [4.69, 9.17) is 5.26 Å². The standard InChI is InChI=1S/C12H11BrINO/c1-12(5-6-15,11(16)8-13)9-3-2-4-10(14)7-9/h2-4,7H,5,8H2,1H3. The lowest BCUT2D eigenvalue weighted by atomic mass is 9.77. The summed E-state index contributed by atoms with van der Waals surface area (Å²) in [6, 6.07) is 9.84. The molecule has 1 aromatic carbocycles.